The first kappa shape index (κ1) is 11.5. The van der Waals surface area contributed by atoms with Crippen LogP contribution in [0.15, 0.2) is 0 Å². The Kier molecular flexibility index (Phi) is 4.94. The van der Waals surface area contributed by atoms with Crippen LogP contribution in [-0.2, 0) is 4.79 Å². The van der Waals surface area contributed by atoms with Gasteiger partial charge < -0.3 is 10.0 Å². The van der Waals surface area contributed by atoms with Gasteiger partial charge in [0, 0.05) is 26.1 Å². The standard InChI is InChI=1S/C11H21NO2/c1-10-4-5-11(14)12(8-6-10)7-2-3-9-13/h10,13H,2-9H2,1H3. The Morgan fingerprint density at radius 2 is 2.21 bits per heavy atom. The van der Waals surface area contributed by atoms with Crippen molar-refractivity contribution in [2.75, 3.05) is 19.7 Å². The Labute approximate surface area is 86.1 Å². The minimum absolute atomic E-state index is 0.235. The van der Waals surface area contributed by atoms with Crippen LogP contribution < -0.4 is 0 Å². The quantitative estimate of drug-likeness (QED) is 0.695. The van der Waals surface area contributed by atoms with Crippen LogP contribution >= 0.6 is 0 Å². The Morgan fingerprint density at radius 1 is 1.43 bits per heavy atom. The molecule has 1 aliphatic heterocycles. The van der Waals surface area contributed by atoms with E-state index in [-0.39, 0.29) is 6.61 Å². The molecule has 1 rings (SSSR count). The molecule has 1 unspecified atom stereocenters. The van der Waals surface area contributed by atoms with E-state index >= 15 is 0 Å². The minimum Gasteiger partial charge on any atom is -0.396 e. The summed E-state index contributed by atoms with van der Waals surface area (Å²) < 4.78 is 0. The smallest absolute Gasteiger partial charge is 0.222 e. The van der Waals surface area contributed by atoms with Gasteiger partial charge in [-0.05, 0) is 31.6 Å². The molecular weight excluding hydrogens is 178 g/mol. The van der Waals surface area contributed by atoms with Gasteiger partial charge in [0.2, 0.25) is 5.91 Å². The van der Waals surface area contributed by atoms with Crippen molar-refractivity contribution in [1.82, 2.24) is 4.90 Å². The van der Waals surface area contributed by atoms with Crippen molar-refractivity contribution in [3.05, 3.63) is 0 Å². The molecule has 3 heteroatoms. The molecule has 3 nitrogen and oxygen atoms in total. The number of carbonyl (C=O) groups excluding carboxylic acids is 1. The van der Waals surface area contributed by atoms with Crippen molar-refractivity contribution < 1.29 is 9.90 Å². The van der Waals surface area contributed by atoms with Gasteiger partial charge in [0.1, 0.15) is 0 Å². The Hall–Kier alpha value is -0.570. The molecule has 1 aliphatic rings. The minimum atomic E-state index is 0.235. The first-order valence-corrected chi connectivity index (χ1v) is 5.62. The summed E-state index contributed by atoms with van der Waals surface area (Å²) in [7, 11) is 0. The fraction of sp³-hybridized carbons (Fsp3) is 0.909. The summed E-state index contributed by atoms with van der Waals surface area (Å²) in [5, 5.41) is 8.66. The summed E-state index contributed by atoms with van der Waals surface area (Å²) in [5.74, 6) is 0.981. The molecule has 1 heterocycles. The van der Waals surface area contributed by atoms with Crippen molar-refractivity contribution in [2.45, 2.75) is 39.0 Å². The monoisotopic (exact) mass is 199 g/mol. The molecule has 0 aromatic heterocycles. The molecule has 0 bridgehead atoms. The molecular formula is C11H21NO2. The highest BCUT2D eigenvalue weighted by molar-refractivity contribution is 5.76. The summed E-state index contributed by atoms with van der Waals surface area (Å²) in [6.45, 7) is 4.18. The van der Waals surface area contributed by atoms with E-state index in [0.29, 0.717) is 18.2 Å². The van der Waals surface area contributed by atoms with E-state index in [1.54, 1.807) is 0 Å². The number of hydrogen-bond acceptors (Lipinski definition) is 2. The maximum absolute atomic E-state index is 11.6. The molecule has 0 aromatic carbocycles. The Morgan fingerprint density at radius 3 is 2.93 bits per heavy atom. The summed E-state index contributed by atoms with van der Waals surface area (Å²) in [4.78, 5) is 13.6. The van der Waals surface area contributed by atoms with Crippen LogP contribution in [0.2, 0.25) is 0 Å². The fourth-order valence-corrected chi connectivity index (χ4v) is 1.82. The predicted molar refractivity (Wildman–Crippen MR) is 55.9 cm³/mol. The lowest BCUT2D eigenvalue weighted by atomic mass is 10.0. The topological polar surface area (TPSA) is 40.5 Å². The first-order chi connectivity index (χ1) is 6.74. The summed E-state index contributed by atoms with van der Waals surface area (Å²) in [6.07, 6.45) is 4.61. The van der Waals surface area contributed by atoms with Crippen LogP contribution in [0.1, 0.15) is 39.0 Å². The van der Waals surface area contributed by atoms with Crippen LogP contribution in [-0.4, -0.2) is 35.6 Å². The van der Waals surface area contributed by atoms with Gasteiger partial charge in [-0.15, -0.1) is 0 Å². The number of aliphatic hydroxyl groups excluding tert-OH is 1. The summed E-state index contributed by atoms with van der Waals surface area (Å²) in [5.41, 5.74) is 0. The van der Waals surface area contributed by atoms with Crippen molar-refractivity contribution in [3.63, 3.8) is 0 Å². The second-order valence-corrected chi connectivity index (χ2v) is 4.24. The predicted octanol–water partition coefficient (Wildman–Crippen LogP) is 1.41. The second kappa shape index (κ2) is 6.02. The molecule has 1 fully saturated rings. The molecule has 1 N–H and O–H groups in total. The Balaban J connectivity index is 2.30. The highest BCUT2D eigenvalue weighted by Gasteiger charge is 2.19. The highest BCUT2D eigenvalue weighted by atomic mass is 16.2. The van der Waals surface area contributed by atoms with Gasteiger partial charge in [0.25, 0.3) is 0 Å². The summed E-state index contributed by atoms with van der Waals surface area (Å²) >= 11 is 0. The number of aliphatic hydroxyl groups is 1. The van der Waals surface area contributed by atoms with Gasteiger partial charge >= 0.3 is 0 Å². The van der Waals surface area contributed by atoms with Crippen molar-refractivity contribution in [2.24, 2.45) is 5.92 Å². The molecule has 1 saturated heterocycles. The van der Waals surface area contributed by atoms with Gasteiger partial charge in [-0.2, -0.15) is 0 Å². The molecule has 1 amide bonds. The fourth-order valence-electron chi connectivity index (χ4n) is 1.82. The van der Waals surface area contributed by atoms with Crippen LogP contribution in [0.25, 0.3) is 0 Å². The highest BCUT2D eigenvalue weighted by Crippen LogP contribution is 2.17. The van der Waals surface area contributed by atoms with E-state index in [1.807, 2.05) is 4.90 Å². The van der Waals surface area contributed by atoms with Gasteiger partial charge in [-0.1, -0.05) is 6.92 Å². The maximum atomic E-state index is 11.6. The van der Waals surface area contributed by atoms with Crippen molar-refractivity contribution >= 4 is 5.91 Å². The van der Waals surface area contributed by atoms with Crippen LogP contribution in [0, 0.1) is 5.92 Å². The van der Waals surface area contributed by atoms with E-state index < -0.39 is 0 Å². The summed E-state index contributed by atoms with van der Waals surface area (Å²) in [6, 6.07) is 0. The van der Waals surface area contributed by atoms with Crippen LogP contribution in [0.4, 0.5) is 0 Å². The largest absolute Gasteiger partial charge is 0.396 e. The average Bonchev–Trinajstić information content (AvgIpc) is 2.33. The Bertz CT molecular complexity index is 182. The lowest BCUT2D eigenvalue weighted by Crippen LogP contribution is -2.31. The number of unbranched alkanes of at least 4 members (excludes halogenated alkanes) is 1. The zero-order valence-electron chi connectivity index (χ0n) is 9.04. The van der Waals surface area contributed by atoms with Crippen molar-refractivity contribution in [3.8, 4) is 0 Å². The molecule has 0 aromatic rings. The number of likely N-dealkylation sites (tertiary alicyclic amines) is 1. The van der Waals surface area contributed by atoms with Gasteiger partial charge in [0.15, 0.2) is 0 Å². The number of rotatable bonds is 4. The van der Waals surface area contributed by atoms with E-state index in [2.05, 4.69) is 6.92 Å². The third-order valence-electron chi connectivity index (χ3n) is 2.93. The van der Waals surface area contributed by atoms with E-state index in [4.69, 9.17) is 5.11 Å². The first-order valence-electron chi connectivity index (χ1n) is 5.62. The maximum Gasteiger partial charge on any atom is 0.222 e. The number of amides is 1. The molecule has 1 atom stereocenters. The lowest BCUT2D eigenvalue weighted by molar-refractivity contribution is -0.130. The van der Waals surface area contributed by atoms with Gasteiger partial charge in [-0.25, -0.2) is 0 Å². The van der Waals surface area contributed by atoms with Gasteiger partial charge in [-0.3, -0.25) is 4.79 Å². The third-order valence-corrected chi connectivity index (χ3v) is 2.93. The van der Waals surface area contributed by atoms with E-state index in [0.717, 1.165) is 38.8 Å². The van der Waals surface area contributed by atoms with E-state index in [1.165, 1.54) is 0 Å². The zero-order chi connectivity index (χ0) is 10.4. The van der Waals surface area contributed by atoms with Crippen molar-refractivity contribution in [1.29, 1.82) is 0 Å². The van der Waals surface area contributed by atoms with Crippen LogP contribution in [0.5, 0.6) is 0 Å². The molecule has 14 heavy (non-hydrogen) atoms. The molecule has 82 valence electrons. The van der Waals surface area contributed by atoms with E-state index in [9.17, 15) is 4.79 Å². The second-order valence-electron chi connectivity index (χ2n) is 4.24. The molecule has 0 aliphatic carbocycles. The number of hydrogen-bond donors (Lipinski definition) is 1. The number of carbonyl (C=O) groups is 1. The third kappa shape index (κ3) is 3.66. The molecule has 0 spiro atoms. The normalized spacial score (nSPS) is 23.7. The van der Waals surface area contributed by atoms with Crippen LogP contribution in [0.3, 0.4) is 0 Å². The SMILES string of the molecule is CC1CCC(=O)N(CCCCO)CC1. The molecule has 0 radical (unpaired) electrons. The lowest BCUT2D eigenvalue weighted by Gasteiger charge is -2.20. The zero-order valence-corrected chi connectivity index (χ0v) is 9.04. The number of nitrogens with zero attached hydrogens (tertiary/aromatic N) is 1. The average molecular weight is 199 g/mol. The molecule has 0 saturated carbocycles. The van der Waals surface area contributed by atoms with Gasteiger partial charge in [0.05, 0.1) is 0 Å².